The molecular formula is C20H23N3O2. The SMILES string of the molecule is Cn1cncc1C(=CCCN1CCC=C(C(=O)O)C1)c1ccccc1. The summed E-state index contributed by atoms with van der Waals surface area (Å²) in [4.78, 5) is 17.6. The van der Waals surface area contributed by atoms with Gasteiger partial charge in [-0.25, -0.2) is 9.78 Å². The Balaban J connectivity index is 1.73. The number of carboxylic acid groups (broad SMARTS) is 1. The molecule has 0 atom stereocenters. The summed E-state index contributed by atoms with van der Waals surface area (Å²) in [7, 11) is 1.99. The molecule has 1 aromatic carbocycles. The Morgan fingerprint density at radius 1 is 1.32 bits per heavy atom. The normalized spacial score (nSPS) is 15.9. The molecule has 2 aromatic rings. The number of hydrogen-bond donors (Lipinski definition) is 1. The third-order valence-corrected chi connectivity index (χ3v) is 4.48. The second-order valence-electron chi connectivity index (χ2n) is 6.26. The van der Waals surface area contributed by atoms with E-state index < -0.39 is 5.97 Å². The minimum Gasteiger partial charge on any atom is -0.478 e. The predicted molar refractivity (Wildman–Crippen MR) is 98.1 cm³/mol. The molecule has 1 aliphatic rings. The molecule has 0 radical (unpaired) electrons. The van der Waals surface area contributed by atoms with Gasteiger partial charge >= 0.3 is 5.97 Å². The third kappa shape index (κ3) is 4.25. The first-order valence-electron chi connectivity index (χ1n) is 8.52. The van der Waals surface area contributed by atoms with Gasteiger partial charge in [-0.15, -0.1) is 0 Å². The molecule has 1 aliphatic heterocycles. The first-order chi connectivity index (χ1) is 12.1. The highest BCUT2D eigenvalue weighted by molar-refractivity contribution is 5.87. The minimum atomic E-state index is -0.805. The van der Waals surface area contributed by atoms with E-state index in [0.717, 1.165) is 42.8 Å². The monoisotopic (exact) mass is 337 g/mol. The maximum atomic E-state index is 11.1. The smallest absolute Gasteiger partial charge is 0.332 e. The first kappa shape index (κ1) is 17.2. The highest BCUT2D eigenvalue weighted by atomic mass is 16.4. The van der Waals surface area contributed by atoms with Crippen LogP contribution in [0.15, 0.2) is 60.6 Å². The highest BCUT2D eigenvalue weighted by Gasteiger charge is 2.17. The predicted octanol–water partition coefficient (Wildman–Crippen LogP) is 2.96. The van der Waals surface area contributed by atoms with Crippen molar-refractivity contribution in [2.24, 2.45) is 7.05 Å². The maximum Gasteiger partial charge on any atom is 0.332 e. The lowest BCUT2D eigenvalue weighted by Gasteiger charge is -2.25. The lowest BCUT2D eigenvalue weighted by atomic mass is 10.0. The summed E-state index contributed by atoms with van der Waals surface area (Å²) in [6.45, 7) is 2.28. The van der Waals surface area contributed by atoms with Crippen LogP contribution in [0.25, 0.3) is 5.57 Å². The summed E-state index contributed by atoms with van der Waals surface area (Å²) in [5.41, 5.74) is 3.91. The van der Waals surface area contributed by atoms with Gasteiger partial charge < -0.3 is 9.67 Å². The van der Waals surface area contributed by atoms with E-state index in [2.05, 4.69) is 28.1 Å². The first-order valence-corrected chi connectivity index (χ1v) is 8.52. The fourth-order valence-electron chi connectivity index (χ4n) is 3.15. The van der Waals surface area contributed by atoms with Gasteiger partial charge in [-0.05, 0) is 18.4 Å². The quantitative estimate of drug-likeness (QED) is 0.880. The Labute approximate surface area is 147 Å². The lowest BCUT2D eigenvalue weighted by molar-refractivity contribution is -0.133. The molecule has 0 saturated carbocycles. The zero-order valence-electron chi connectivity index (χ0n) is 14.4. The van der Waals surface area contributed by atoms with E-state index >= 15 is 0 Å². The lowest BCUT2D eigenvalue weighted by Crippen LogP contribution is -2.32. The molecule has 1 aromatic heterocycles. The number of aliphatic carboxylic acids is 1. The molecule has 0 bridgehead atoms. The van der Waals surface area contributed by atoms with Gasteiger partial charge in [-0.1, -0.05) is 42.5 Å². The second-order valence-corrected chi connectivity index (χ2v) is 6.26. The zero-order valence-corrected chi connectivity index (χ0v) is 14.4. The van der Waals surface area contributed by atoms with Crippen LogP contribution in [-0.4, -0.2) is 45.2 Å². The Morgan fingerprint density at radius 2 is 2.12 bits per heavy atom. The largest absolute Gasteiger partial charge is 0.478 e. The van der Waals surface area contributed by atoms with E-state index in [1.165, 1.54) is 0 Å². The van der Waals surface area contributed by atoms with Crippen LogP contribution in [0.5, 0.6) is 0 Å². The van der Waals surface area contributed by atoms with Gasteiger partial charge in [0.2, 0.25) is 0 Å². The van der Waals surface area contributed by atoms with Gasteiger partial charge in [0.1, 0.15) is 0 Å². The van der Waals surface area contributed by atoms with Crippen molar-refractivity contribution in [1.29, 1.82) is 0 Å². The number of benzene rings is 1. The number of nitrogens with zero attached hydrogens (tertiary/aromatic N) is 3. The molecule has 5 heteroatoms. The molecule has 2 heterocycles. The molecule has 3 rings (SSSR count). The number of rotatable bonds is 6. The summed E-state index contributed by atoms with van der Waals surface area (Å²) in [5.74, 6) is -0.805. The van der Waals surface area contributed by atoms with Crippen LogP contribution in [0.2, 0.25) is 0 Å². The van der Waals surface area contributed by atoms with E-state index in [4.69, 9.17) is 5.11 Å². The van der Waals surface area contributed by atoms with Crippen LogP contribution in [0.1, 0.15) is 24.1 Å². The van der Waals surface area contributed by atoms with Gasteiger partial charge in [0.15, 0.2) is 0 Å². The van der Waals surface area contributed by atoms with Gasteiger partial charge in [0.25, 0.3) is 0 Å². The van der Waals surface area contributed by atoms with Crippen molar-refractivity contribution < 1.29 is 9.90 Å². The fourth-order valence-corrected chi connectivity index (χ4v) is 3.15. The summed E-state index contributed by atoms with van der Waals surface area (Å²) < 4.78 is 2.02. The summed E-state index contributed by atoms with van der Waals surface area (Å²) >= 11 is 0. The van der Waals surface area contributed by atoms with E-state index in [-0.39, 0.29) is 0 Å². The number of aryl methyl sites for hydroxylation is 1. The number of imidazole rings is 1. The molecule has 0 saturated heterocycles. The summed E-state index contributed by atoms with van der Waals surface area (Å²) in [6, 6.07) is 10.3. The van der Waals surface area contributed by atoms with Crippen LogP contribution in [0.4, 0.5) is 0 Å². The van der Waals surface area contributed by atoms with Crippen molar-refractivity contribution in [2.45, 2.75) is 12.8 Å². The average Bonchev–Trinajstić information content (AvgIpc) is 3.05. The third-order valence-electron chi connectivity index (χ3n) is 4.48. The molecule has 0 fully saturated rings. The number of carboxylic acids is 1. The molecule has 130 valence electrons. The molecule has 0 amide bonds. The van der Waals surface area contributed by atoms with E-state index in [0.29, 0.717) is 12.1 Å². The highest BCUT2D eigenvalue weighted by Crippen LogP contribution is 2.23. The van der Waals surface area contributed by atoms with E-state index in [1.807, 2.05) is 42.1 Å². The molecule has 0 unspecified atom stereocenters. The topological polar surface area (TPSA) is 58.4 Å². The van der Waals surface area contributed by atoms with Crippen LogP contribution in [-0.2, 0) is 11.8 Å². The van der Waals surface area contributed by atoms with Crippen LogP contribution < -0.4 is 0 Å². The van der Waals surface area contributed by atoms with Crippen molar-refractivity contribution in [3.05, 3.63) is 71.8 Å². The van der Waals surface area contributed by atoms with Gasteiger partial charge in [0.05, 0.1) is 18.2 Å². The van der Waals surface area contributed by atoms with Crippen LogP contribution in [0.3, 0.4) is 0 Å². The summed E-state index contributed by atoms with van der Waals surface area (Å²) in [5, 5.41) is 9.16. The van der Waals surface area contributed by atoms with E-state index in [1.54, 1.807) is 6.33 Å². The van der Waals surface area contributed by atoms with Crippen molar-refractivity contribution in [3.63, 3.8) is 0 Å². The summed E-state index contributed by atoms with van der Waals surface area (Å²) in [6.07, 6.45) is 9.41. The van der Waals surface area contributed by atoms with Gasteiger partial charge in [-0.3, -0.25) is 4.90 Å². The zero-order chi connectivity index (χ0) is 17.6. The number of carbonyl (C=O) groups is 1. The number of hydrogen-bond acceptors (Lipinski definition) is 3. The molecule has 0 spiro atoms. The maximum absolute atomic E-state index is 11.1. The minimum absolute atomic E-state index is 0.505. The second kappa shape index (κ2) is 7.94. The van der Waals surface area contributed by atoms with Crippen molar-refractivity contribution >= 4 is 11.5 Å². The van der Waals surface area contributed by atoms with Gasteiger partial charge in [0, 0.05) is 37.8 Å². The molecule has 1 N–H and O–H groups in total. The molecule has 25 heavy (non-hydrogen) atoms. The standard InChI is InChI=1S/C20H23N3O2/c1-22-15-21-13-19(22)18(16-7-3-2-4-8-16)10-6-12-23-11-5-9-17(14-23)20(24)25/h2-4,7-10,13,15H,5-6,11-12,14H2,1H3,(H,24,25). The van der Waals surface area contributed by atoms with Crippen molar-refractivity contribution in [2.75, 3.05) is 19.6 Å². The van der Waals surface area contributed by atoms with Crippen molar-refractivity contribution in [3.8, 4) is 0 Å². The van der Waals surface area contributed by atoms with Crippen LogP contribution >= 0.6 is 0 Å². The van der Waals surface area contributed by atoms with E-state index in [9.17, 15) is 4.79 Å². The average molecular weight is 337 g/mol. The Kier molecular flexibility index (Phi) is 5.46. The Hall–Kier alpha value is -2.66. The molecule has 0 aliphatic carbocycles. The Morgan fingerprint density at radius 3 is 2.80 bits per heavy atom. The Bertz CT molecular complexity index is 790. The van der Waals surface area contributed by atoms with Crippen LogP contribution in [0, 0.1) is 0 Å². The number of aromatic nitrogens is 2. The molecular weight excluding hydrogens is 314 g/mol. The molecule has 5 nitrogen and oxygen atoms in total. The van der Waals surface area contributed by atoms with Crippen molar-refractivity contribution in [1.82, 2.24) is 14.5 Å². The fraction of sp³-hybridized carbons (Fsp3) is 0.300. The van der Waals surface area contributed by atoms with Gasteiger partial charge in [-0.2, -0.15) is 0 Å².